The predicted molar refractivity (Wildman–Crippen MR) is 72.7 cm³/mol. The predicted octanol–water partition coefficient (Wildman–Crippen LogP) is 0.752. The second kappa shape index (κ2) is 7.21. The van der Waals surface area contributed by atoms with Gasteiger partial charge >= 0.3 is 5.97 Å². The smallest absolute Gasteiger partial charge is 0.309 e. The molecule has 0 aromatic rings. The molecular formula is C12H24N2O4S. The minimum absolute atomic E-state index is 0.170. The largest absolute Gasteiger partial charge is 0.466 e. The maximum Gasteiger partial charge on any atom is 0.309 e. The van der Waals surface area contributed by atoms with Crippen LogP contribution in [0.4, 0.5) is 0 Å². The molecule has 0 bridgehead atoms. The Morgan fingerprint density at radius 3 is 2.42 bits per heavy atom. The fourth-order valence-electron chi connectivity index (χ4n) is 1.96. The molecule has 0 spiro atoms. The third kappa shape index (κ3) is 5.08. The number of ether oxygens (including phenoxy) is 1. The van der Waals surface area contributed by atoms with Gasteiger partial charge in [0.05, 0.1) is 12.5 Å². The normalized spacial score (nSPS) is 18.7. The standard InChI is InChI=1S/C12H24N2O4S/c1-4-18-12(15)11-5-7-14(8-6-11)19(16,17)13-9-10(2)3/h10-11,13H,4-9H2,1-3H3. The summed E-state index contributed by atoms with van der Waals surface area (Å²) in [5.74, 6) is -0.113. The number of piperidine rings is 1. The van der Waals surface area contributed by atoms with E-state index in [2.05, 4.69) is 4.72 Å². The second-order valence-electron chi connectivity index (χ2n) is 5.17. The maximum absolute atomic E-state index is 12.0. The Labute approximate surface area is 115 Å². The third-order valence-corrected chi connectivity index (χ3v) is 4.66. The Hall–Kier alpha value is -0.660. The summed E-state index contributed by atoms with van der Waals surface area (Å²) in [6, 6.07) is 0. The lowest BCUT2D eigenvalue weighted by Gasteiger charge is -2.30. The van der Waals surface area contributed by atoms with Crippen molar-refractivity contribution in [3.8, 4) is 0 Å². The van der Waals surface area contributed by atoms with Crippen LogP contribution in [0.25, 0.3) is 0 Å². The van der Waals surface area contributed by atoms with Crippen LogP contribution in [0.15, 0.2) is 0 Å². The summed E-state index contributed by atoms with van der Waals surface area (Å²) in [7, 11) is -3.41. The van der Waals surface area contributed by atoms with Gasteiger partial charge < -0.3 is 4.74 Å². The molecule has 1 saturated heterocycles. The van der Waals surface area contributed by atoms with Crippen LogP contribution in [0.5, 0.6) is 0 Å². The Kier molecular flexibility index (Phi) is 6.22. The van der Waals surface area contributed by atoms with Gasteiger partial charge in [0.1, 0.15) is 0 Å². The highest BCUT2D eigenvalue weighted by Gasteiger charge is 2.31. The Balaban J connectivity index is 2.46. The molecule has 0 amide bonds. The van der Waals surface area contributed by atoms with Crippen molar-refractivity contribution in [3.05, 3.63) is 0 Å². The lowest BCUT2D eigenvalue weighted by atomic mass is 9.98. The van der Waals surface area contributed by atoms with Crippen molar-refractivity contribution in [2.24, 2.45) is 11.8 Å². The van der Waals surface area contributed by atoms with Gasteiger partial charge in [-0.15, -0.1) is 0 Å². The minimum atomic E-state index is -3.41. The number of carbonyl (C=O) groups is 1. The summed E-state index contributed by atoms with van der Waals surface area (Å²) >= 11 is 0. The average Bonchev–Trinajstić information content (AvgIpc) is 2.37. The maximum atomic E-state index is 12.0. The molecule has 0 aliphatic carbocycles. The second-order valence-corrected chi connectivity index (χ2v) is 6.93. The number of nitrogens with zero attached hydrogens (tertiary/aromatic N) is 1. The Morgan fingerprint density at radius 2 is 1.95 bits per heavy atom. The molecule has 0 aromatic carbocycles. The van der Waals surface area contributed by atoms with E-state index in [0.717, 1.165) is 0 Å². The number of carbonyl (C=O) groups excluding carboxylic acids is 1. The van der Waals surface area contributed by atoms with Crippen LogP contribution in [0.2, 0.25) is 0 Å². The van der Waals surface area contributed by atoms with Gasteiger partial charge in [0.2, 0.25) is 0 Å². The zero-order valence-electron chi connectivity index (χ0n) is 11.9. The number of rotatable bonds is 6. The summed E-state index contributed by atoms with van der Waals surface area (Å²) in [5, 5.41) is 0. The first kappa shape index (κ1) is 16.4. The summed E-state index contributed by atoms with van der Waals surface area (Å²) < 4.78 is 32.9. The van der Waals surface area contributed by atoms with Crippen LogP contribution in [0.1, 0.15) is 33.6 Å². The molecule has 112 valence electrons. The van der Waals surface area contributed by atoms with Crippen LogP contribution in [-0.4, -0.2) is 44.9 Å². The van der Waals surface area contributed by atoms with Crippen molar-refractivity contribution in [2.45, 2.75) is 33.6 Å². The van der Waals surface area contributed by atoms with Crippen LogP contribution >= 0.6 is 0 Å². The highest BCUT2D eigenvalue weighted by Crippen LogP contribution is 2.20. The molecule has 1 N–H and O–H groups in total. The van der Waals surface area contributed by atoms with Gasteiger partial charge in [0.25, 0.3) is 10.2 Å². The molecule has 7 heteroatoms. The van der Waals surface area contributed by atoms with Crippen molar-refractivity contribution < 1.29 is 17.9 Å². The first-order valence-corrected chi connectivity index (χ1v) is 8.22. The Morgan fingerprint density at radius 1 is 1.37 bits per heavy atom. The van der Waals surface area contributed by atoms with E-state index in [0.29, 0.717) is 39.1 Å². The highest BCUT2D eigenvalue weighted by atomic mass is 32.2. The van der Waals surface area contributed by atoms with Crippen molar-refractivity contribution in [1.82, 2.24) is 9.03 Å². The zero-order valence-corrected chi connectivity index (χ0v) is 12.7. The lowest BCUT2D eigenvalue weighted by molar-refractivity contribution is -0.149. The number of nitrogens with one attached hydrogen (secondary N) is 1. The quantitative estimate of drug-likeness (QED) is 0.733. The third-order valence-electron chi connectivity index (χ3n) is 3.09. The topological polar surface area (TPSA) is 75.7 Å². The molecule has 0 unspecified atom stereocenters. The summed E-state index contributed by atoms with van der Waals surface area (Å²) in [5.41, 5.74) is 0. The van der Waals surface area contributed by atoms with E-state index in [1.54, 1.807) is 6.92 Å². The fraction of sp³-hybridized carbons (Fsp3) is 0.917. The van der Waals surface area contributed by atoms with Crippen LogP contribution in [-0.2, 0) is 19.7 Å². The molecule has 6 nitrogen and oxygen atoms in total. The van der Waals surface area contributed by atoms with Gasteiger partial charge in [-0.05, 0) is 25.7 Å². The van der Waals surface area contributed by atoms with Gasteiger partial charge in [-0.25, -0.2) is 4.72 Å². The number of esters is 1. The number of hydrogen-bond donors (Lipinski definition) is 1. The number of hydrogen-bond acceptors (Lipinski definition) is 4. The SMILES string of the molecule is CCOC(=O)C1CCN(S(=O)(=O)NCC(C)C)CC1. The summed E-state index contributed by atoms with van der Waals surface area (Å²) in [6.07, 6.45) is 1.06. The molecule has 1 aliphatic heterocycles. The van der Waals surface area contributed by atoms with Gasteiger partial charge in [-0.1, -0.05) is 13.8 Å². The molecule has 1 rings (SSSR count). The zero-order chi connectivity index (χ0) is 14.5. The van der Waals surface area contributed by atoms with Gasteiger partial charge in [-0.2, -0.15) is 12.7 Å². The first-order chi connectivity index (χ1) is 8.86. The van der Waals surface area contributed by atoms with Gasteiger partial charge in [-0.3, -0.25) is 4.79 Å². The van der Waals surface area contributed by atoms with Gasteiger partial charge in [0.15, 0.2) is 0 Å². The van der Waals surface area contributed by atoms with E-state index in [1.165, 1.54) is 4.31 Å². The monoisotopic (exact) mass is 292 g/mol. The van der Waals surface area contributed by atoms with E-state index < -0.39 is 10.2 Å². The van der Waals surface area contributed by atoms with Crippen LogP contribution in [0, 0.1) is 11.8 Å². The van der Waals surface area contributed by atoms with E-state index in [4.69, 9.17) is 4.74 Å². The molecule has 1 fully saturated rings. The van der Waals surface area contributed by atoms with Crippen LogP contribution < -0.4 is 4.72 Å². The van der Waals surface area contributed by atoms with Crippen molar-refractivity contribution in [3.63, 3.8) is 0 Å². The molecule has 0 saturated carbocycles. The highest BCUT2D eigenvalue weighted by molar-refractivity contribution is 7.87. The fourth-order valence-corrected chi connectivity index (χ4v) is 3.37. The van der Waals surface area contributed by atoms with Crippen molar-refractivity contribution in [2.75, 3.05) is 26.2 Å². The molecule has 1 aliphatic rings. The molecule has 0 radical (unpaired) electrons. The minimum Gasteiger partial charge on any atom is -0.466 e. The molecule has 19 heavy (non-hydrogen) atoms. The first-order valence-electron chi connectivity index (χ1n) is 6.78. The Bertz CT molecular complexity index is 387. The molecule has 1 heterocycles. The molecule has 0 aromatic heterocycles. The summed E-state index contributed by atoms with van der Waals surface area (Å²) in [6.45, 7) is 7.22. The lowest BCUT2D eigenvalue weighted by Crippen LogP contribution is -2.46. The van der Waals surface area contributed by atoms with E-state index in [-0.39, 0.29) is 17.8 Å². The van der Waals surface area contributed by atoms with Gasteiger partial charge in [0, 0.05) is 19.6 Å². The van der Waals surface area contributed by atoms with E-state index >= 15 is 0 Å². The summed E-state index contributed by atoms with van der Waals surface area (Å²) in [4.78, 5) is 11.6. The van der Waals surface area contributed by atoms with E-state index in [9.17, 15) is 13.2 Å². The molecular weight excluding hydrogens is 268 g/mol. The van der Waals surface area contributed by atoms with Crippen LogP contribution in [0.3, 0.4) is 0 Å². The average molecular weight is 292 g/mol. The van der Waals surface area contributed by atoms with E-state index in [1.807, 2.05) is 13.8 Å². The van der Waals surface area contributed by atoms with Crippen molar-refractivity contribution in [1.29, 1.82) is 0 Å². The molecule has 0 atom stereocenters. The van der Waals surface area contributed by atoms with Crippen molar-refractivity contribution >= 4 is 16.2 Å².